The van der Waals surface area contributed by atoms with Crippen molar-refractivity contribution in [3.05, 3.63) is 52.0 Å². The fourth-order valence-corrected chi connectivity index (χ4v) is 3.73. The number of rotatable bonds is 4. The zero-order valence-corrected chi connectivity index (χ0v) is 13.6. The van der Waals surface area contributed by atoms with Gasteiger partial charge in [0, 0.05) is 30.0 Å². The van der Waals surface area contributed by atoms with Gasteiger partial charge in [-0.3, -0.25) is 4.79 Å². The number of aliphatic hydroxyl groups excluding tert-OH is 1. The van der Waals surface area contributed by atoms with Gasteiger partial charge < -0.3 is 15.0 Å². The molecule has 0 aliphatic heterocycles. The molecule has 0 spiro atoms. The van der Waals surface area contributed by atoms with Crippen molar-refractivity contribution in [1.29, 1.82) is 0 Å². The number of nitrogens with one attached hydrogen (secondary N) is 1. The number of hydrogen-bond acceptors (Lipinski definition) is 3. The molecule has 2 aromatic heterocycles. The quantitative estimate of drug-likeness (QED) is 0.852. The second-order valence-corrected chi connectivity index (χ2v) is 6.65. The molecule has 116 valence electrons. The molecule has 0 radical (unpaired) electrons. The molecule has 1 aliphatic carbocycles. The number of aromatic nitrogens is 1. The van der Waals surface area contributed by atoms with Crippen LogP contribution in [-0.2, 0) is 0 Å². The number of amides is 1. The summed E-state index contributed by atoms with van der Waals surface area (Å²) in [6, 6.07) is 6.10. The lowest BCUT2D eigenvalue weighted by Crippen LogP contribution is -2.33. The smallest absolute Gasteiger partial charge is 0.263 e. The normalized spacial score (nSPS) is 20.5. The van der Waals surface area contributed by atoms with Crippen LogP contribution in [0.15, 0.2) is 35.7 Å². The maximum atomic E-state index is 12.6. The minimum Gasteiger partial charge on any atom is -0.396 e. The summed E-state index contributed by atoms with van der Waals surface area (Å²) in [4.78, 5) is 13.3. The van der Waals surface area contributed by atoms with Gasteiger partial charge in [0.2, 0.25) is 0 Å². The topological polar surface area (TPSA) is 54.3 Å². The fourth-order valence-electron chi connectivity index (χ4n) is 2.95. The number of hydrogen-bond donors (Lipinski definition) is 2. The molecule has 2 atom stereocenters. The Morgan fingerprint density at radius 3 is 2.68 bits per heavy atom. The third kappa shape index (κ3) is 2.74. The van der Waals surface area contributed by atoms with E-state index in [0.717, 1.165) is 28.4 Å². The van der Waals surface area contributed by atoms with E-state index in [9.17, 15) is 4.79 Å². The first-order valence-electron chi connectivity index (χ1n) is 7.43. The van der Waals surface area contributed by atoms with Gasteiger partial charge in [-0.1, -0.05) is 12.2 Å². The number of carbonyl (C=O) groups excluding carboxylic acids is 1. The molecule has 1 amide bonds. The van der Waals surface area contributed by atoms with Crippen LogP contribution in [0.25, 0.3) is 5.69 Å². The highest BCUT2D eigenvalue weighted by molar-refractivity contribution is 7.12. The molecule has 1 aliphatic rings. The summed E-state index contributed by atoms with van der Waals surface area (Å²) in [7, 11) is 0. The van der Waals surface area contributed by atoms with Gasteiger partial charge in [-0.2, -0.15) is 0 Å². The van der Waals surface area contributed by atoms with E-state index >= 15 is 0 Å². The van der Waals surface area contributed by atoms with E-state index in [-0.39, 0.29) is 24.5 Å². The summed E-state index contributed by atoms with van der Waals surface area (Å²) in [6.07, 6.45) is 4.71. The van der Waals surface area contributed by atoms with Gasteiger partial charge in [0.25, 0.3) is 5.91 Å². The van der Waals surface area contributed by atoms with Crippen molar-refractivity contribution in [2.24, 2.45) is 5.92 Å². The fraction of sp³-hybridized carbons (Fsp3) is 0.353. The Labute approximate surface area is 134 Å². The average Bonchev–Trinajstić information content (AvgIpc) is 3.19. The lowest BCUT2D eigenvalue weighted by atomic mass is 10.1. The monoisotopic (exact) mass is 316 g/mol. The first kappa shape index (κ1) is 15.1. The largest absolute Gasteiger partial charge is 0.396 e. The third-order valence-electron chi connectivity index (χ3n) is 4.09. The van der Waals surface area contributed by atoms with Crippen molar-refractivity contribution < 1.29 is 9.90 Å². The molecule has 0 saturated carbocycles. The van der Waals surface area contributed by atoms with E-state index in [0.29, 0.717) is 0 Å². The van der Waals surface area contributed by atoms with Crippen molar-refractivity contribution in [2.75, 3.05) is 6.61 Å². The minimum absolute atomic E-state index is 0.00598. The zero-order chi connectivity index (χ0) is 15.7. The molecule has 0 aromatic carbocycles. The zero-order valence-electron chi connectivity index (χ0n) is 12.7. The number of carbonyl (C=O) groups is 1. The van der Waals surface area contributed by atoms with E-state index < -0.39 is 0 Å². The Morgan fingerprint density at radius 1 is 1.32 bits per heavy atom. The van der Waals surface area contributed by atoms with E-state index in [1.165, 1.54) is 11.3 Å². The van der Waals surface area contributed by atoms with Crippen LogP contribution in [0.5, 0.6) is 0 Å². The van der Waals surface area contributed by atoms with Gasteiger partial charge in [0.15, 0.2) is 0 Å². The maximum Gasteiger partial charge on any atom is 0.263 e. The van der Waals surface area contributed by atoms with Crippen LogP contribution in [0.3, 0.4) is 0 Å². The molecule has 0 unspecified atom stereocenters. The molecule has 0 saturated heterocycles. The maximum absolute atomic E-state index is 12.6. The van der Waals surface area contributed by atoms with Crippen LogP contribution >= 0.6 is 11.3 Å². The van der Waals surface area contributed by atoms with Gasteiger partial charge in [0.05, 0.1) is 5.69 Å². The van der Waals surface area contributed by atoms with E-state index in [4.69, 9.17) is 5.11 Å². The Morgan fingerprint density at radius 2 is 2.05 bits per heavy atom. The van der Waals surface area contributed by atoms with Gasteiger partial charge in [-0.05, 0) is 43.8 Å². The van der Waals surface area contributed by atoms with Gasteiger partial charge in [0.1, 0.15) is 4.88 Å². The van der Waals surface area contributed by atoms with Crippen molar-refractivity contribution in [3.63, 3.8) is 0 Å². The molecule has 5 heteroatoms. The first-order valence-corrected chi connectivity index (χ1v) is 8.31. The van der Waals surface area contributed by atoms with Crippen LogP contribution in [0.4, 0.5) is 0 Å². The van der Waals surface area contributed by atoms with E-state index in [1.54, 1.807) is 0 Å². The second-order valence-electron chi connectivity index (χ2n) is 5.73. The summed E-state index contributed by atoms with van der Waals surface area (Å²) in [5, 5.41) is 14.2. The molecule has 2 N–H and O–H groups in total. The predicted octanol–water partition coefficient (Wildman–Crippen LogP) is 2.82. The van der Waals surface area contributed by atoms with Crippen LogP contribution < -0.4 is 5.32 Å². The Kier molecular flexibility index (Phi) is 4.18. The third-order valence-corrected chi connectivity index (χ3v) is 4.99. The van der Waals surface area contributed by atoms with Crippen LogP contribution in [0, 0.1) is 19.8 Å². The highest BCUT2D eigenvalue weighted by atomic mass is 32.1. The molecular weight excluding hydrogens is 296 g/mol. The second kappa shape index (κ2) is 6.10. The summed E-state index contributed by atoms with van der Waals surface area (Å²) >= 11 is 1.46. The highest BCUT2D eigenvalue weighted by Crippen LogP contribution is 2.26. The van der Waals surface area contributed by atoms with Crippen molar-refractivity contribution in [2.45, 2.75) is 26.3 Å². The molecule has 0 bridgehead atoms. The standard InChI is InChI=1S/C17H20N2O2S/c1-11-3-4-12(2)19(11)15-7-8-22-16(15)17(21)18-14-6-5-13(9-14)10-20/h3-8,13-14,20H,9-10H2,1-2H3,(H,18,21)/t13-,14+/m0/s1. The van der Waals surface area contributed by atoms with Crippen LogP contribution in [0.1, 0.15) is 27.5 Å². The Hall–Kier alpha value is -1.85. The minimum atomic E-state index is -0.0502. The summed E-state index contributed by atoms with van der Waals surface area (Å²) in [6.45, 7) is 4.21. The summed E-state index contributed by atoms with van der Waals surface area (Å²) < 4.78 is 2.10. The van der Waals surface area contributed by atoms with Crippen molar-refractivity contribution in [3.8, 4) is 5.69 Å². The molecule has 2 aromatic rings. The van der Waals surface area contributed by atoms with Gasteiger partial charge >= 0.3 is 0 Å². The lowest BCUT2D eigenvalue weighted by molar-refractivity contribution is 0.0945. The number of aryl methyl sites for hydroxylation is 2. The molecule has 0 fully saturated rings. The Bertz CT molecular complexity index is 695. The van der Waals surface area contributed by atoms with Crippen molar-refractivity contribution in [1.82, 2.24) is 9.88 Å². The average molecular weight is 316 g/mol. The highest BCUT2D eigenvalue weighted by Gasteiger charge is 2.23. The van der Waals surface area contributed by atoms with Crippen LogP contribution in [-0.4, -0.2) is 28.2 Å². The predicted molar refractivity (Wildman–Crippen MR) is 88.7 cm³/mol. The van der Waals surface area contributed by atoms with Crippen LogP contribution in [0.2, 0.25) is 0 Å². The van der Waals surface area contributed by atoms with Gasteiger partial charge in [-0.25, -0.2) is 0 Å². The summed E-state index contributed by atoms with van der Waals surface area (Å²) in [5.41, 5.74) is 3.17. The number of nitrogens with zero attached hydrogens (tertiary/aromatic N) is 1. The molecule has 22 heavy (non-hydrogen) atoms. The molecule has 3 rings (SSSR count). The lowest BCUT2D eigenvalue weighted by Gasteiger charge is -2.14. The number of aliphatic hydroxyl groups is 1. The summed E-state index contributed by atoms with van der Waals surface area (Å²) in [5.74, 6) is 0.104. The van der Waals surface area contributed by atoms with E-state index in [2.05, 4.69) is 22.0 Å². The van der Waals surface area contributed by atoms with Gasteiger partial charge in [-0.15, -0.1) is 11.3 Å². The van der Waals surface area contributed by atoms with Crippen molar-refractivity contribution >= 4 is 17.2 Å². The SMILES string of the molecule is Cc1ccc(C)n1-c1ccsc1C(=O)N[C@@H]1C=C[C@H](CO)C1. The molecular formula is C17H20N2O2S. The Balaban J connectivity index is 1.81. The number of thiophene rings is 1. The van der Waals surface area contributed by atoms with E-state index in [1.807, 2.05) is 37.4 Å². The molecule has 2 heterocycles. The molecule has 4 nitrogen and oxygen atoms in total. The first-order chi connectivity index (χ1) is 10.6.